The van der Waals surface area contributed by atoms with Gasteiger partial charge in [-0.25, -0.2) is 4.39 Å². The molecule has 0 bridgehead atoms. The second-order valence-corrected chi connectivity index (χ2v) is 5.31. The van der Waals surface area contributed by atoms with Gasteiger partial charge in [0.05, 0.1) is 17.3 Å². The van der Waals surface area contributed by atoms with Crippen molar-refractivity contribution in [3.63, 3.8) is 0 Å². The van der Waals surface area contributed by atoms with Crippen LogP contribution in [0.1, 0.15) is 12.8 Å². The summed E-state index contributed by atoms with van der Waals surface area (Å²) >= 11 is 5.90. The van der Waals surface area contributed by atoms with Crippen molar-refractivity contribution in [1.82, 2.24) is 4.90 Å². The first kappa shape index (κ1) is 15.4. The number of hydrogen-bond donors (Lipinski definition) is 1. The van der Waals surface area contributed by atoms with Crippen molar-refractivity contribution in [2.24, 2.45) is 0 Å². The molecule has 0 radical (unpaired) electrons. The maximum absolute atomic E-state index is 13.6. The molecule has 1 aromatic rings. The molecule has 20 heavy (non-hydrogen) atoms. The van der Waals surface area contributed by atoms with Crippen molar-refractivity contribution in [3.8, 4) is 0 Å². The fourth-order valence-electron chi connectivity index (χ4n) is 2.33. The number of alkyl halides is 3. The Balaban J connectivity index is 1.89. The summed E-state index contributed by atoms with van der Waals surface area (Å²) in [6.07, 6.45) is -3.11. The summed E-state index contributed by atoms with van der Waals surface area (Å²) < 4.78 is 50.4. The number of nitrogens with one attached hydrogen (secondary N) is 1. The highest BCUT2D eigenvalue weighted by Gasteiger charge is 2.32. The molecule has 1 aliphatic heterocycles. The van der Waals surface area contributed by atoms with Crippen molar-refractivity contribution in [1.29, 1.82) is 0 Å². The van der Waals surface area contributed by atoms with E-state index in [1.807, 2.05) is 0 Å². The molecular weight excluding hydrogens is 296 g/mol. The van der Waals surface area contributed by atoms with Gasteiger partial charge in [-0.15, -0.1) is 0 Å². The lowest BCUT2D eigenvalue weighted by Gasteiger charge is -2.33. The monoisotopic (exact) mass is 310 g/mol. The summed E-state index contributed by atoms with van der Waals surface area (Å²) in [6, 6.07) is 4.32. The first-order valence-corrected chi connectivity index (χ1v) is 6.72. The second-order valence-electron chi connectivity index (χ2n) is 4.91. The third-order valence-electron chi connectivity index (χ3n) is 3.30. The smallest absolute Gasteiger partial charge is 0.379 e. The van der Waals surface area contributed by atoms with E-state index >= 15 is 0 Å². The van der Waals surface area contributed by atoms with Crippen LogP contribution < -0.4 is 5.32 Å². The van der Waals surface area contributed by atoms with Gasteiger partial charge in [0.1, 0.15) is 5.82 Å². The number of rotatable bonds is 3. The minimum Gasteiger partial charge on any atom is -0.379 e. The Bertz CT molecular complexity index is 436. The van der Waals surface area contributed by atoms with Gasteiger partial charge in [-0.05, 0) is 25.0 Å². The molecule has 112 valence electrons. The first-order valence-electron chi connectivity index (χ1n) is 6.35. The van der Waals surface area contributed by atoms with Crippen LogP contribution in [0.3, 0.4) is 0 Å². The van der Waals surface area contributed by atoms with Crippen molar-refractivity contribution in [2.45, 2.75) is 25.1 Å². The van der Waals surface area contributed by atoms with Gasteiger partial charge >= 0.3 is 6.18 Å². The Morgan fingerprint density at radius 3 is 2.45 bits per heavy atom. The van der Waals surface area contributed by atoms with Crippen LogP contribution in [0, 0.1) is 5.82 Å². The molecule has 7 heteroatoms. The highest BCUT2D eigenvalue weighted by atomic mass is 35.5. The van der Waals surface area contributed by atoms with E-state index in [1.54, 1.807) is 6.07 Å². The van der Waals surface area contributed by atoms with E-state index in [-0.39, 0.29) is 16.8 Å². The zero-order valence-corrected chi connectivity index (χ0v) is 11.4. The molecule has 0 saturated carbocycles. The Labute approximate surface area is 119 Å². The molecule has 1 fully saturated rings. The number of halogens is 5. The minimum absolute atomic E-state index is 0.0612. The number of para-hydroxylation sites is 1. The summed E-state index contributed by atoms with van der Waals surface area (Å²) in [6.45, 7) is -0.216. The molecular formula is C13H15ClF4N2. The average molecular weight is 311 g/mol. The number of benzene rings is 1. The fourth-order valence-corrected chi connectivity index (χ4v) is 2.55. The second kappa shape index (κ2) is 6.18. The molecule has 0 aliphatic carbocycles. The molecule has 0 spiro atoms. The van der Waals surface area contributed by atoms with Crippen molar-refractivity contribution in [3.05, 3.63) is 29.0 Å². The van der Waals surface area contributed by atoms with Crippen molar-refractivity contribution < 1.29 is 17.6 Å². The lowest BCUT2D eigenvalue weighted by atomic mass is 10.0. The molecule has 0 atom stereocenters. The minimum atomic E-state index is -4.17. The predicted molar refractivity (Wildman–Crippen MR) is 70.5 cm³/mol. The fraction of sp³-hybridized carbons (Fsp3) is 0.538. The lowest BCUT2D eigenvalue weighted by Crippen LogP contribution is -2.43. The standard InChI is InChI=1S/C13H15ClF4N2/c14-10-2-1-3-11(15)12(10)19-9-4-6-20(7-5-9)8-13(16,17)18/h1-3,9,19H,4-8H2. The van der Waals surface area contributed by atoms with Crippen LogP contribution in [0.25, 0.3) is 0 Å². The van der Waals surface area contributed by atoms with Crippen LogP contribution in [0.5, 0.6) is 0 Å². The Hall–Kier alpha value is -1.01. The molecule has 1 heterocycles. The van der Waals surface area contributed by atoms with E-state index in [0.29, 0.717) is 25.9 Å². The summed E-state index contributed by atoms with van der Waals surface area (Å²) in [4.78, 5) is 1.36. The van der Waals surface area contributed by atoms with Gasteiger partial charge in [0.25, 0.3) is 0 Å². The molecule has 2 nitrogen and oxygen atoms in total. The van der Waals surface area contributed by atoms with E-state index in [2.05, 4.69) is 5.32 Å². The van der Waals surface area contributed by atoms with Gasteiger partial charge in [0.15, 0.2) is 0 Å². The SMILES string of the molecule is Fc1cccc(Cl)c1NC1CCN(CC(F)(F)F)CC1. The van der Waals surface area contributed by atoms with E-state index in [1.165, 1.54) is 17.0 Å². The van der Waals surface area contributed by atoms with Crippen LogP contribution in [0.15, 0.2) is 18.2 Å². The quantitative estimate of drug-likeness (QED) is 0.851. The third-order valence-corrected chi connectivity index (χ3v) is 3.62. The van der Waals surface area contributed by atoms with Crippen LogP contribution in [0.4, 0.5) is 23.2 Å². The topological polar surface area (TPSA) is 15.3 Å². The Morgan fingerprint density at radius 2 is 1.90 bits per heavy atom. The zero-order chi connectivity index (χ0) is 14.8. The van der Waals surface area contributed by atoms with E-state index in [4.69, 9.17) is 11.6 Å². The molecule has 1 N–H and O–H groups in total. The molecule has 0 aromatic heterocycles. The van der Waals surface area contributed by atoms with Gasteiger partial charge in [-0.2, -0.15) is 13.2 Å². The van der Waals surface area contributed by atoms with Gasteiger partial charge in [0.2, 0.25) is 0 Å². The van der Waals surface area contributed by atoms with Crippen LogP contribution in [-0.4, -0.2) is 36.8 Å². The Morgan fingerprint density at radius 1 is 1.25 bits per heavy atom. The highest BCUT2D eigenvalue weighted by molar-refractivity contribution is 6.33. The van der Waals surface area contributed by atoms with Crippen LogP contribution in [-0.2, 0) is 0 Å². The van der Waals surface area contributed by atoms with Gasteiger partial charge in [-0.3, -0.25) is 4.90 Å². The van der Waals surface area contributed by atoms with E-state index in [9.17, 15) is 17.6 Å². The first-order chi connectivity index (χ1) is 9.35. The van der Waals surface area contributed by atoms with Gasteiger partial charge in [0, 0.05) is 19.1 Å². The summed E-state index contributed by atoms with van der Waals surface area (Å²) in [5.41, 5.74) is 0.225. The molecule has 1 aliphatic rings. The summed E-state index contributed by atoms with van der Waals surface area (Å²) in [5.74, 6) is -0.449. The third kappa shape index (κ3) is 4.24. The molecule has 1 saturated heterocycles. The van der Waals surface area contributed by atoms with Crippen molar-refractivity contribution in [2.75, 3.05) is 25.0 Å². The maximum Gasteiger partial charge on any atom is 0.401 e. The van der Waals surface area contributed by atoms with Crippen LogP contribution >= 0.6 is 11.6 Å². The van der Waals surface area contributed by atoms with Gasteiger partial charge < -0.3 is 5.32 Å². The number of hydrogen-bond acceptors (Lipinski definition) is 2. The lowest BCUT2D eigenvalue weighted by molar-refractivity contribution is -0.147. The summed E-state index contributed by atoms with van der Waals surface area (Å²) in [7, 11) is 0. The van der Waals surface area contributed by atoms with Crippen molar-refractivity contribution >= 4 is 17.3 Å². The Kier molecular flexibility index (Phi) is 4.75. The molecule has 2 rings (SSSR count). The molecule has 0 unspecified atom stereocenters. The zero-order valence-electron chi connectivity index (χ0n) is 10.7. The average Bonchev–Trinajstić information content (AvgIpc) is 2.34. The molecule has 1 aromatic carbocycles. The number of nitrogens with zero attached hydrogens (tertiary/aromatic N) is 1. The largest absolute Gasteiger partial charge is 0.401 e. The number of anilines is 1. The predicted octanol–water partition coefficient (Wildman–Crippen LogP) is 3.92. The normalized spacial score (nSPS) is 18.2. The summed E-state index contributed by atoms with van der Waals surface area (Å²) in [5, 5.41) is 3.27. The molecule has 0 amide bonds. The number of piperidine rings is 1. The van der Waals surface area contributed by atoms with Crippen LogP contribution in [0.2, 0.25) is 5.02 Å². The maximum atomic E-state index is 13.6. The highest BCUT2D eigenvalue weighted by Crippen LogP contribution is 2.27. The van der Waals surface area contributed by atoms with E-state index in [0.717, 1.165) is 0 Å². The van der Waals surface area contributed by atoms with E-state index < -0.39 is 18.5 Å². The number of likely N-dealkylation sites (tertiary alicyclic amines) is 1. The van der Waals surface area contributed by atoms with Gasteiger partial charge in [-0.1, -0.05) is 17.7 Å².